The highest BCUT2D eigenvalue weighted by molar-refractivity contribution is 5.72. The van der Waals surface area contributed by atoms with Gasteiger partial charge in [-0.25, -0.2) is 4.39 Å². The van der Waals surface area contributed by atoms with Crippen molar-refractivity contribution in [2.45, 2.75) is 26.4 Å². The summed E-state index contributed by atoms with van der Waals surface area (Å²) in [5, 5.41) is 8.17. The first-order chi connectivity index (χ1) is 15.8. The van der Waals surface area contributed by atoms with Crippen LogP contribution in [0.3, 0.4) is 0 Å². The number of rotatable bonds is 5. The molecule has 6 nitrogen and oxygen atoms in total. The summed E-state index contributed by atoms with van der Waals surface area (Å²) in [6, 6.07) is 16.7. The molecule has 0 spiro atoms. The second-order valence-corrected chi connectivity index (χ2v) is 9.21. The molecule has 1 aromatic heterocycles. The predicted octanol–water partition coefficient (Wildman–Crippen LogP) is 4.41. The fraction of sp³-hybridized carbons (Fsp3) is 0.346. The molecular formula is C26H29FN4O2. The average molecular weight is 449 g/mol. The molecule has 172 valence electrons. The van der Waals surface area contributed by atoms with Gasteiger partial charge in [0.25, 0.3) is 0 Å². The van der Waals surface area contributed by atoms with E-state index in [0.29, 0.717) is 17.8 Å². The molecule has 0 bridgehead atoms. The number of halogens is 1. The largest absolute Gasteiger partial charge is 0.459 e. The summed E-state index contributed by atoms with van der Waals surface area (Å²) in [5.74, 6) is -0.494. The third kappa shape index (κ3) is 5.93. The van der Waals surface area contributed by atoms with E-state index in [-0.39, 0.29) is 11.8 Å². The molecule has 2 heterocycles. The van der Waals surface area contributed by atoms with E-state index >= 15 is 0 Å². The molecule has 1 saturated heterocycles. The minimum Gasteiger partial charge on any atom is -0.459 e. The van der Waals surface area contributed by atoms with Crippen LogP contribution in [-0.4, -0.2) is 59.4 Å². The Morgan fingerprint density at radius 1 is 1.00 bits per heavy atom. The zero-order valence-corrected chi connectivity index (χ0v) is 19.3. The van der Waals surface area contributed by atoms with Crippen LogP contribution in [0.5, 0.6) is 0 Å². The number of carbonyl (C=O) groups excluding carboxylic acids is 1. The number of benzene rings is 2. The first-order valence-electron chi connectivity index (χ1n) is 11.2. The van der Waals surface area contributed by atoms with Gasteiger partial charge in [0, 0.05) is 43.0 Å². The van der Waals surface area contributed by atoms with Crippen LogP contribution >= 0.6 is 0 Å². The normalized spacial score (nSPS) is 14.8. The van der Waals surface area contributed by atoms with E-state index in [1.54, 1.807) is 24.4 Å². The Morgan fingerprint density at radius 3 is 2.36 bits per heavy atom. The predicted molar refractivity (Wildman–Crippen MR) is 127 cm³/mol. The first-order valence-corrected chi connectivity index (χ1v) is 11.2. The van der Waals surface area contributed by atoms with Gasteiger partial charge in [0.1, 0.15) is 11.4 Å². The maximum Gasteiger partial charge on any atom is 0.320 e. The second kappa shape index (κ2) is 9.67. The molecule has 33 heavy (non-hydrogen) atoms. The smallest absolute Gasteiger partial charge is 0.320 e. The van der Waals surface area contributed by atoms with Gasteiger partial charge in [0.15, 0.2) is 0 Å². The van der Waals surface area contributed by atoms with Crippen LogP contribution in [0, 0.1) is 5.82 Å². The molecule has 0 unspecified atom stereocenters. The van der Waals surface area contributed by atoms with Gasteiger partial charge in [-0.05, 0) is 56.7 Å². The van der Waals surface area contributed by atoms with Crippen molar-refractivity contribution in [3.63, 3.8) is 0 Å². The number of piperazine rings is 1. The number of esters is 1. The van der Waals surface area contributed by atoms with Gasteiger partial charge in [-0.15, -0.1) is 0 Å². The molecule has 1 aliphatic rings. The highest BCUT2D eigenvalue weighted by atomic mass is 19.1. The molecule has 2 aromatic carbocycles. The Morgan fingerprint density at radius 2 is 1.70 bits per heavy atom. The summed E-state index contributed by atoms with van der Waals surface area (Å²) in [4.78, 5) is 16.5. The zero-order chi connectivity index (χ0) is 23.4. The minimum atomic E-state index is -0.457. The van der Waals surface area contributed by atoms with E-state index in [4.69, 9.17) is 4.74 Å². The van der Waals surface area contributed by atoms with E-state index in [0.717, 1.165) is 43.0 Å². The summed E-state index contributed by atoms with van der Waals surface area (Å²) < 4.78 is 19.6. The maximum absolute atomic E-state index is 14.1. The lowest BCUT2D eigenvalue weighted by Gasteiger charge is -2.36. The van der Waals surface area contributed by atoms with E-state index in [1.165, 1.54) is 6.07 Å². The molecule has 0 amide bonds. The van der Waals surface area contributed by atoms with Crippen molar-refractivity contribution >= 4 is 11.7 Å². The number of anilines is 1. The molecule has 3 aromatic rings. The number of hydrogen-bond donors (Lipinski definition) is 0. The Balaban J connectivity index is 1.38. The monoisotopic (exact) mass is 448 g/mol. The lowest BCUT2D eigenvalue weighted by Crippen LogP contribution is -2.48. The summed E-state index contributed by atoms with van der Waals surface area (Å²) >= 11 is 0. The Hall–Kier alpha value is -3.32. The highest BCUT2D eigenvalue weighted by Gasteiger charge is 2.22. The van der Waals surface area contributed by atoms with E-state index in [1.807, 2.05) is 39.0 Å². The molecule has 1 fully saturated rings. The molecule has 0 saturated carbocycles. The quantitative estimate of drug-likeness (QED) is 0.539. The van der Waals surface area contributed by atoms with Crippen LogP contribution in [0.4, 0.5) is 10.1 Å². The Bertz CT molecular complexity index is 1100. The van der Waals surface area contributed by atoms with Crippen LogP contribution < -0.4 is 4.90 Å². The van der Waals surface area contributed by atoms with Crippen molar-refractivity contribution in [1.29, 1.82) is 0 Å². The van der Waals surface area contributed by atoms with Crippen molar-refractivity contribution in [2.75, 3.05) is 37.6 Å². The van der Waals surface area contributed by atoms with Gasteiger partial charge in [-0.1, -0.05) is 24.3 Å². The van der Waals surface area contributed by atoms with Gasteiger partial charge >= 0.3 is 5.97 Å². The second-order valence-electron chi connectivity index (χ2n) is 9.21. The van der Waals surface area contributed by atoms with Crippen LogP contribution in [0.15, 0.2) is 60.8 Å². The van der Waals surface area contributed by atoms with Crippen LogP contribution in [0.2, 0.25) is 0 Å². The lowest BCUT2D eigenvalue weighted by molar-refractivity contribution is -0.156. The van der Waals surface area contributed by atoms with Gasteiger partial charge < -0.3 is 9.64 Å². The van der Waals surface area contributed by atoms with Crippen molar-refractivity contribution in [2.24, 2.45) is 0 Å². The lowest BCUT2D eigenvalue weighted by atomic mass is 10.0. The van der Waals surface area contributed by atoms with Crippen molar-refractivity contribution in [3.05, 3.63) is 66.6 Å². The first kappa shape index (κ1) is 22.9. The number of carbonyl (C=O) groups is 1. The highest BCUT2D eigenvalue weighted by Crippen LogP contribution is 2.27. The number of aromatic nitrogens is 2. The van der Waals surface area contributed by atoms with Crippen LogP contribution in [0.25, 0.3) is 22.4 Å². The molecule has 0 N–H and O–H groups in total. The molecule has 7 heteroatoms. The summed E-state index contributed by atoms with van der Waals surface area (Å²) in [5.41, 5.74) is 3.50. The summed E-state index contributed by atoms with van der Waals surface area (Å²) in [6.45, 7) is 9.28. The summed E-state index contributed by atoms with van der Waals surface area (Å²) in [7, 11) is 0. The van der Waals surface area contributed by atoms with E-state index < -0.39 is 5.60 Å². The average Bonchev–Trinajstić information content (AvgIpc) is 2.79. The van der Waals surface area contributed by atoms with E-state index in [9.17, 15) is 9.18 Å². The van der Waals surface area contributed by atoms with Gasteiger partial charge in [0.05, 0.1) is 18.4 Å². The maximum atomic E-state index is 14.1. The third-order valence-corrected chi connectivity index (χ3v) is 5.52. The van der Waals surface area contributed by atoms with Crippen LogP contribution in [0.1, 0.15) is 20.8 Å². The van der Waals surface area contributed by atoms with Gasteiger partial charge in [0.2, 0.25) is 0 Å². The Labute approximate surface area is 194 Å². The Kier molecular flexibility index (Phi) is 6.70. The number of hydrogen-bond acceptors (Lipinski definition) is 6. The molecule has 0 atom stereocenters. The topological polar surface area (TPSA) is 58.6 Å². The third-order valence-electron chi connectivity index (χ3n) is 5.52. The fourth-order valence-electron chi connectivity index (χ4n) is 3.91. The minimum absolute atomic E-state index is 0.180. The van der Waals surface area contributed by atoms with Gasteiger partial charge in [-0.2, -0.15) is 10.2 Å². The zero-order valence-electron chi connectivity index (χ0n) is 19.3. The molecule has 1 aliphatic heterocycles. The summed E-state index contributed by atoms with van der Waals surface area (Å²) in [6.07, 6.45) is 1.69. The van der Waals surface area contributed by atoms with Crippen molar-refractivity contribution in [1.82, 2.24) is 15.1 Å². The van der Waals surface area contributed by atoms with Crippen molar-refractivity contribution < 1.29 is 13.9 Å². The SMILES string of the molecule is CC(C)(C)OC(=O)CN1CCN(c2ccc(-c3cnnc(-c4ccccc4F)c3)cc2)CC1. The van der Waals surface area contributed by atoms with Crippen molar-refractivity contribution in [3.8, 4) is 22.4 Å². The molecule has 0 radical (unpaired) electrons. The van der Waals surface area contributed by atoms with E-state index in [2.05, 4.69) is 32.1 Å². The van der Waals surface area contributed by atoms with Gasteiger partial charge in [-0.3, -0.25) is 9.69 Å². The number of ether oxygens (including phenoxy) is 1. The molecular weight excluding hydrogens is 419 g/mol. The molecule has 4 rings (SSSR count). The number of nitrogens with zero attached hydrogens (tertiary/aromatic N) is 4. The fourth-order valence-corrected chi connectivity index (χ4v) is 3.91. The standard InChI is InChI=1S/C26H29FN4O2/c1-26(2,3)33-25(32)18-30-12-14-31(15-13-30)21-10-8-19(9-11-21)20-16-24(29-28-17-20)22-6-4-5-7-23(22)27/h4-11,16-17H,12-15,18H2,1-3H3. The van der Waals surface area contributed by atoms with Crippen LogP contribution in [-0.2, 0) is 9.53 Å². The molecule has 0 aliphatic carbocycles.